The van der Waals surface area contributed by atoms with Crippen LogP contribution in [0.3, 0.4) is 0 Å². The normalized spacial score (nSPS) is 16.1. The minimum atomic E-state index is -0.137. The van der Waals surface area contributed by atoms with Gasteiger partial charge in [-0.1, -0.05) is 35.4 Å². The van der Waals surface area contributed by atoms with Crippen molar-refractivity contribution in [2.24, 2.45) is 0 Å². The van der Waals surface area contributed by atoms with E-state index in [9.17, 15) is 0 Å². The van der Waals surface area contributed by atoms with E-state index >= 15 is 0 Å². The van der Waals surface area contributed by atoms with Crippen LogP contribution in [0.1, 0.15) is 17.2 Å². The number of para-hydroxylation sites is 1. The van der Waals surface area contributed by atoms with Crippen molar-refractivity contribution in [2.45, 2.75) is 6.04 Å². The first-order chi connectivity index (χ1) is 11.8. The van der Waals surface area contributed by atoms with Crippen LogP contribution in [-0.2, 0) is 0 Å². The van der Waals surface area contributed by atoms with Crippen LogP contribution in [0.15, 0.2) is 54.6 Å². The Morgan fingerprint density at radius 2 is 1.92 bits per heavy atom. The average Bonchev–Trinajstić information content (AvgIpc) is 3.10. The first kappa shape index (κ1) is 15.1. The molecule has 0 spiro atoms. The first-order valence-corrected chi connectivity index (χ1v) is 8.49. The Labute approximate surface area is 152 Å². The van der Waals surface area contributed by atoms with Gasteiger partial charge in [-0.3, -0.25) is 0 Å². The lowest BCUT2D eigenvalue weighted by Crippen LogP contribution is -2.20. The number of hydrogen-bond acceptors (Lipinski definition) is 5. The maximum Gasteiger partial charge on any atom is 0.248 e. The van der Waals surface area contributed by atoms with E-state index in [1.807, 2.05) is 24.3 Å². The number of halogens is 1. The molecule has 1 aromatic heterocycles. The quantitative estimate of drug-likeness (QED) is 0.645. The van der Waals surface area contributed by atoms with Crippen LogP contribution in [-0.4, -0.2) is 27.3 Å². The summed E-state index contributed by atoms with van der Waals surface area (Å²) in [6.07, 6.45) is 2.11. The minimum absolute atomic E-state index is 0.137. The molecule has 1 aliphatic rings. The number of fused-ring (bicyclic) bond motifs is 1. The predicted molar refractivity (Wildman–Crippen MR) is 99.7 cm³/mol. The molecule has 2 heterocycles. The summed E-state index contributed by atoms with van der Waals surface area (Å²) in [5, 5.41) is 15.3. The Bertz CT molecular complexity index is 903. The van der Waals surface area contributed by atoms with Crippen LogP contribution in [0.2, 0.25) is 0 Å². The van der Waals surface area contributed by atoms with Gasteiger partial charge in [0, 0.05) is 14.8 Å². The van der Waals surface area contributed by atoms with Crippen molar-refractivity contribution in [1.29, 1.82) is 0 Å². The molecule has 2 aromatic carbocycles. The number of nitrogens with one attached hydrogen (secondary N) is 1. The molecule has 0 saturated carbocycles. The van der Waals surface area contributed by atoms with Crippen molar-refractivity contribution in [2.75, 3.05) is 12.4 Å². The molecule has 0 aliphatic carbocycles. The second-order valence-corrected chi connectivity index (χ2v) is 6.59. The molecule has 7 heteroatoms. The topological polar surface area (TPSA) is 64.9 Å². The highest BCUT2D eigenvalue weighted by Crippen LogP contribution is 2.35. The highest BCUT2D eigenvalue weighted by atomic mass is 127. The number of nitrogens with zero attached hydrogens (tertiary/aromatic N) is 4. The molecule has 120 valence electrons. The summed E-state index contributed by atoms with van der Waals surface area (Å²) in [5.74, 6) is 1.42. The standard InChI is InChI=1S/C17H14IN5O/c1-24-16-5-3-2-4-13(16)15-10-14(11-6-8-12(18)9-7-11)19-17-20-21-22-23(15)17/h2-10,15H,1H3,(H,19,20,22)/t15-/m0/s1. The third kappa shape index (κ3) is 2.64. The fourth-order valence-corrected chi connectivity index (χ4v) is 3.14. The lowest BCUT2D eigenvalue weighted by Gasteiger charge is -2.24. The van der Waals surface area contributed by atoms with Gasteiger partial charge < -0.3 is 10.1 Å². The molecular formula is C17H14IN5O. The number of tetrazole rings is 1. The third-order valence-corrected chi connectivity index (χ3v) is 4.66. The minimum Gasteiger partial charge on any atom is -0.496 e. The van der Waals surface area contributed by atoms with Gasteiger partial charge in [0.2, 0.25) is 5.95 Å². The molecule has 0 saturated heterocycles. The van der Waals surface area contributed by atoms with Crippen LogP contribution in [0.5, 0.6) is 5.75 Å². The van der Waals surface area contributed by atoms with E-state index in [0.717, 1.165) is 22.6 Å². The maximum atomic E-state index is 5.51. The summed E-state index contributed by atoms with van der Waals surface area (Å²) in [4.78, 5) is 0. The number of methoxy groups -OCH3 is 1. The van der Waals surface area contributed by atoms with Gasteiger partial charge in [-0.15, -0.1) is 0 Å². The number of hydrogen-bond donors (Lipinski definition) is 1. The van der Waals surface area contributed by atoms with Crippen molar-refractivity contribution in [3.05, 3.63) is 69.3 Å². The number of ether oxygens (including phenoxy) is 1. The zero-order valence-corrected chi connectivity index (χ0v) is 15.0. The summed E-state index contributed by atoms with van der Waals surface area (Å²) in [5.41, 5.74) is 3.08. The maximum absolute atomic E-state index is 5.51. The fourth-order valence-electron chi connectivity index (χ4n) is 2.78. The summed E-state index contributed by atoms with van der Waals surface area (Å²) < 4.78 is 8.47. The monoisotopic (exact) mass is 431 g/mol. The van der Waals surface area contributed by atoms with E-state index < -0.39 is 0 Å². The predicted octanol–water partition coefficient (Wildman–Crippen LogP) is 3.34. The number of anilines is 1. The lowest BCUT2D eigenvalue weighted by molar-refractivity contribution is 0.403. The Morgan fingerprint density at radius 1 is 1.12 bits per heavy atom. The highest BCUT2D eigenvalue weighted by Gasteiger charge is 2.26. The molecule has 1 aliphatic heterocycles. The highest BCUT2D eigenvalue weighted by molar-refractivity contribution is 14.1. The number of benzene rings is 2. The SMILES string of the molecule is COc1ccccc1[C@@H]1C=C(c2ccc(I)cc2)Nc2nnnn21. The number of allylic oxidation sites excluding steroid dienone is 1. The van der Waals surface area contributed by atoms with E-state index in [-0.39, 0.29) is 6.04 Å². The summed E-state index contributed by atoms with van der Waals surface area (Å²) in [6, 6.07) is 16.1. The zero-order valence-electron chi connectivity index (χ0n) is 12.8. The van der Waals surface area contributed by atoms with E-state index in [0.29, 0.717) is 5.95 Å². The van der Waals surface area contributed by atoms with E-state index in [4.69, 9.17) is 4.74 Å². The van der Waals surface area contributed by atoms with Crippen LogP contribution >= 0.6 is 22.6 Å². The molecule has 0 radical (unpaired) electrons. The van der Waals surface area contributed by atoms with Gasteiger partial charge >= 0.3 is 0 Å². The van der Waals surface area contributed by atoms with Crippen molar-refractivity contribution in [3.63, 3.8) is 0 Å². The van der Waals surface area contributed by atoms with Crippen LogP contribution in [0.25, 0.3) is 5.70 Å². The molecule has 0 unspecified atom stereocenters. The second kappa shape index (κ2) is 6.23. The van der Waals surface area contributed by atoms with Crippen LogP contribution in [0, 0.1) is 3.57 Å². The molecular weight excluding hydrogens is 417 g/mol. The zero-order chi connectivity index (χ0) is 16.5. The molecule has 24 heavy (non-hydrogen) atoms. The van der Waals surface area contributed by atoms with E-state index in [1.54, 1.807) is 11.8 Å². The Balaban J connectivity index is 1.83. The first-order valence-electron chi connectivity index (χ1n) is 7.42. The van der Waals surface area contributed by atoms with Crippen molar-refractivity contribution >= 4 is 34.2 Å². The Kier molecular flexibility index (Phi) is 3.93. The van der Waals surface area contributed by atoms with Gasteiger partial charge in [-0.05, 0) is 62.9 Å². The largest absolute Gasteiger partial charge is 0.496 e. The van der Waals surface area contributed by atoms with Gasteiger partial charge in [-0.2, -0.15) is 4.68 Å². The van der Waals surface area contributed by atoms with Crippen LogP contribution in [0.4, 0.5) is 5.95 Å². The second-order valence-electron chi connectivity index (χ2n) is 5.35. The summed E-state index contributed by atoms with van der Waals surface area (Å²) >= 11 is 2.30. The molecule has 0 bridgehead atoms. The fraction of sp³-hybridized carbons (Fsp3) is 0.118. The van der Waals surface area contributed by atoms with Crippen LogP contribution < -0.4 is 10.1 Å². The molecule has 1 atom stereocenters. The lowest BCUT2D eigenvalue weighted by atomic mass is 10.0. The Morgan fingerprint density at radius 3 is 2.71 bits per heavy atom. The molecule has 1 N–H and O–H groups in total. The van der Waals surface area contributed by atoms with Gasteiger partial charge in [0.25, 0.3) is 0 Å². The van der Waals surface area contributed by atoms with E-state index in [1.165, 1.54) is 3.57 Å². The van der Waals surface area contributed by atoms with Crippen molar-refractivity contribution in [3.8, 4) is 5.75 Å². The number of rotatable bonds is 3. The van der Waals surface area contributed by atoms with Crippen molar-refractivity contribution < 1.29 is 4.74 Å². The number of aromatic nitrogens is 4. The van der Waals surface area contributed by atoms with Gasteiger partial charge in [-0.25, -0.2) is 0 Å². The Hall–Kier alpha value is -2.42. The van der Waals surface area contributed by atoms with Gasteiger partial charge in [0.15, 0.2) is 0 Å². The molecule has 0 amide bonds. The third-order valence-electron chi connectivity index (χ3n) is 3.94. The summed E-state index contributed by atoms with van der Waals surface area (Å²) in [7, 11) is 1.67. The molecule has 3 aromatic rings. The molecule has 0 fully saturated rings. The average molecular weight is 431 g/mol. The molecule has 4 rings (SSSR count). The van der Waals surface area contributed by atoms with Crippen molar-refractivity contribution in [1.82, 2.24) is 20.2 Å². The molecule has 6 nitrogen and oxygen atoms in total. The van der Waals surface area contributed by atoms with Gasteiger partial charge in [0.05, 0.1) is 7.11 Å². The van der Waals surface area contributed by atoms with Gasteiger partial charge in [0.1, 0.15) is 11.8 Å². The smallest absolute Gasteiger partial charge is 0.248 e. The summed E-state index contributed by atoms with van der Waals surface area (Å²) in [6.45, 7) is 0. The van der Waals surface area contributed by atoms with E-state index in [2.05, 4.69) is 73.8 Å².